The number of benzene rings is 2. The van der Waals surface area contributed by atoms with Crippen LogP contribution >= 0.6 is 11.6 Å². The molecule has 2 fully saturated rings. The van der Waals surface area contributed by atoms with E-state index in [1.165, 1.54) is 0 Å². The monoisotopic (exact) mass is 441 g/mol. The zero-order valence-electron chi connectivity index (χ0n) is 17.2. The van der Waals surface area contributed by atoms with Crippen molar-refractivity contribution in [3.63, 3.8) is 0 Å². The first-order valence-corrected chi connectivity index (χ1v) is 10.4. The van der Waals surface area contributed by atoms with Gasteiger partial charge in [-0.25, -0.2) is 0 Å². The van der Waals surface area contributed by atoms with Crippen LogP contribution < -0.4 is 26.6 Å². The Hall–Kier alpha value is -3.10. The summed E-state index contributed by atoms with van der Waals surface area (Å²) in [5, 5.41) is 15.4. The topological polar surface area (TPSA) is 111 Å². The lowest BCUT2D eigenvalue weighted by molar-refractivity contribution is -0.144. The van der Waals surface area contributed by atoms with Crippen molar-refractivity contribution >= 4 is 40.7 Å². The van der Waals surface area contributed by atoms with Crippen LogP contribution in [0.3, 0.4) is 0 Å². The molecule has 2 aliphatic rings. The molecule has 4 unspecified atom stereocenters. The van der Waals surface area contributed by atoms with Crippen molar-refractivity contribution in [3.05, 3.63) is 58.6 Å². The summed E-state index contributed by atoms with van der Waals surface area (Å²) >= 11 is 5.91. The van der Waals surface area contributed by atoms with Gasteiger partial charge < -0.3 is 21.3 Å². The van der Waals surface area contributed by atoms with E-state index in [-0.39, 0.29) is 24.1 Å². The van der Waals surface area contributed by atoms with Crippen LogP contribution in [0.15, 0.2) is 42.5 Å². The van der Waals surface area contributed by atoms with E-state index in [0.717, 1.165) is 16.8 Å². The van der Waals surface area contributed by atoms with Gasteiger partial charge in [-0.3, -0.25) is 19.7 Å². The van der Waals surface area contributed by atoms with Crippen molar-refractivity contribution in [2.24, 2.45) is 11.8 Å². The predicted octanol–water partition coefficient (Wildman–Crippen LogP) is 2.09. The molecule has 3 amide bonds. The highest BCUT2D eigenvalue weighted by Crippen LogP contribution is 2.29. The van der Waals surface area contributed by atoms with Crippen LogP contribution in [0.1, 0.15) is 17.5 Å². The number of anilines is 2. The van der Waals surface area contributed by atoms with Crippen molar-refractivity contribution < 1.29 is 14.4 Å². The van der Waals surface area contributed by atoms with E-state index in [4.69, 9.17) is 11.6 Å². The Labute approximate surface area is 185 Å². The van der Waals surface area contributed by atoms with Gasteiger partial charge in [-0.1, -0.05) is 23.7 Å². The zero-order valence-corrected chi connectivity index (χ0v) is 17.9. The number of carbonyl (C=O) groups is 3. The third kappa shape index (κ3) is 4.65. The Kier molecular flexibility index (Phi) is 5.84. The Bertz CT molecular complexity index is 1030. The Morgan fingerprint density at radius 2 is 1.81 bits per heavy atom. The number of rotatable bonds is 4. The van der Waals surface area contributed by atoms with Gasteiger partial charge in [-0.05, 0) is 55.3 Å². The van der Waals surface area contributed by atoms with E-state index in [9.17, 15) is 14.4 Å². The summed E-state index contributed by atoms with van der Waals surface area (Å²) in [7, 11) is 0. The van der Waals surface area contributed by atoms with Crippen molar-refractivity contribution in [2.45, 2.75) is 32.7 Å². The summed E-state index contributed by atoms with van der Waals surface area (Å²) in [6.07, 6.45) is -1.34. The van der Waals surface area contributed by atoms with Gasteiger partial charge in [0, 0.05) is 22.8 Å². The number of aryl methyl sites for hydroxylation is 2. The van der Waals surface area contributed by atoms with E-state index < -0.39 is 24.3 Å². The molecule has 4 rings (SSSR count). The lowest BCUT2D eigenvalue weighted by Crippen LogP contribution is -2.72. The number of carbonyl (C=O) groups excluding carboxylic acids is 3. The van der Waals surface area contributed by atoms with Crippen LogP contribution in [0.4, 0.5) is 11.4 Å². The van der Waals surface area contributed by atoms with E-state index in [2.05, 4.69) is 26.6 Å². The molecular formula is C22H24ClN5O3. The minimum Gasteiger partial charge on any atom is -0.353 e. The fraction of sp³-hybridized carbons (Fsp3) is 0.318. The quantitative estimate of drug-likeness (QED) is 0.499. The summed E-state index contributed by atoms with van der Waals surface area (Å²) in [5.74, 6) is -2.46. The summed E-state index contributed by atoms with van der Waals surface area (Å²) in [4.78, 5) is 38.3. The molecule has 2 saturated heterocycles. The van der Waals surface area contributed by atoms with E-state index in [0.29, 0.717) is 10.7 Å². The molecule has 0 radical (unpaired) electrons. The molecule has 8 nitrogen and oxygen atoms in total. The van der Waals surface area contributed by atoms with Crippen LogP contribution in [0.2, 0.25) is 5.02 Å². The van der Waals surface area contributed by atoms with Crippen LogP contribution in [-0.4, -0.2) is 30.2 Å². The predicted molar refractivity (Wildman–Crippen MR) is 118 cm³/mol. The number of amides is 3. The number of piperidine rings is 1. The van der Waals surface area contributed by atoms with Gasteiger partial charge in [0.2, 0.25) is 17.7 Å². The maximum atomic E-state index is 13.1. The molecule has 31 heavy (non-hydrogen) atoms. The van der Waals surface area contributed by atoms with Gasteiger partial charge in [0.15, 0.2) is 6.29 Å². The second-order valence-corrected chi connectivity index (χ2v) is 8.39. The van der Waals surface area contributed by atoms with Crippen molar-refractivity contribution in [3.8, 4) is 0 Å². The molecular weight excluding hydrogens is 418 g/mol. The third-order valence-corrected chi connectivity index (χ3v) is 5.84. The maximum absolute atomic E-state index is 13.1. The average Bonchev–Trinajstić information content (AvgIpc) is 2.71. The average molecular weight is 442 g/mol. The lowest BCUT2D eigenvalue weighted by Gasteiger charge is -2.43. The summed E-state index contributed by atoms with van der Waals surface area (Å²) in [6, 6.07) is 12.8. The van der Waals surface area contributed by atoms with Gasteiger partial charge in [-0.15, -0.1) is 0 Å². The van der Waals surface area contributed by atoms with E-state index >= 15 is 0 Å². The number of hydrogen-bond acceptors (Lipinski definition) is 5. The van der Waals surface area contributed by atoms with Crippen LogP contribution in [0, 0.1) is 25.7 Å². The molecule has 0 aliphatic carbocycles. The van der Waals surface area contributed by atoms with Gasteiger partial charge in [0.05, 0.1) is 18.0 Å². The fourth-order valence-corrected chi connectivity index (χ4v) is 4.09. The Morgan fingerprint density at radius 1 is 1.06 bits per heavy atom. The zero-order chi connectivity index (χ0) is 22.1. The normalized spacial score (nSPS) is 25.1. The SMILES string of the molecule is Cc1ccc(C)c(NC(=O)C2CC(=O)NC3NC(Nc4ccc(Cl)cc4)NC(=O)C32)c1. The van der Waals surface area contributed by atoms with Gasteiger partial charge in [0.25, 0.3) is 0 Å². The molecule has 2 aromatic rings. The number of nitrogens with one attached hydrogen (secondary N) is 5. The van der Waals surface area contributed by atoms with E-state index in [1.54, 1.807) is 24.3 Å². The molecule has 5 N–H and O–H groups in total. The highest BCUT2D eigenvalue weighted by molar-refractivity contribution is 6.30. The number of hydrogen-bond donors (Lipinski definition) is 5. The van der Waals surface area contributed by atoms with Gasteiger partial charge >= 0.3 is 0 Å². The molecule has 2 aromatic carbocycles. The molecule has 162 valence electrons. The van der Waals surface area contributed by atoms with E-state index in [1.807, 2.05) is 32.0 Å². The molecule has 0 bridgehead atoms. The molecule has 2 aliphatic heterocycles. The summed E-state index contributed by atoms with van der Waals surface area (Å²) < 4.78 is 0. The lowest BCUT2D eigenvalue weighted by atomic mass is 9.81. The second-order valence-electron chi connectivity index (χ2n) is 7.95. The Balaban J connectivity index is 1.49. The van der Waals surface area contributed by atoms with Crippen LogP contribution in [0.5, 0.6) is 0 Å². The second kappa shape index (κ2) is 8.56. The highest BCUT2D eigenvalue weighted by atomic mass is 35.5. The van der Waals surface area contributed by atoms with Gasteiger partial charge in [0.1, 0.15) is 0 Å². The first kappa shape index (κ1) is 21.1. The summed E-state index contributed by atoms with van der Waals surface area (Å²) in [5.41, 5.74) is 3.34. The third-order valence-electron chi connectivity index (χ3n) is 5.59. The van der Waals surface area contributed by atoms with Crippen molar-refractivity contribution in [2.75, 3.05) is 10.6 Å². The first-order valence-electron chi connectivity index (χ1n) is 10.1. The molecule has 2 heterocycles. The molecule has 0 spiro atoms. The molecule has 0 saturated carbocycles. The van der Waals surface area contributed by atoms with Crippen LogP contribution in [0.25, 0.3) is 0 Å². The first-order chi connectivity index (χ1) is 14.8. The smallest absolute Gasteiger partial charge is 0.229 e. The largest absolute Gasteiger partial charge is 0.353 e. The van der Waals surface area contributed by atoms with Crippen molar-refractivity contribution in [1.29, 1.82) is 0 Å². The van der Waals surface area contributed by atoms with Crippen LogP contribution in [-0.2, 0) is 14.4 Å². The van der Waals surface area contributed by atoms with Gasteiger partial charge in [-0.2, -0.15) is 0 Å². The fourth-order valence-electron chi connectivity index (χ4n) is 3.96. The van der Waals surface area contributed by atoms with Crippen molar-refractivity contribution in [1.82, 2.24) is 16.0 Å². The number of halogens is 1. The maximum Gasteiger partial charge on any atom is 0.229 e. The molecule has 0 aromatic heterocycles. The minimum atomic E-state index is -0.789. The highest BCUT2D eigenvalue weighted by Gasteiger charge is 2.48. The summed E-state index contributed by atoms with van der Waals surface area (Å²) in [6.45, 7) is 3.83. The molecule has 4 atom stereocenters. The molecule has 9 heteroatoms. The standard InChI is InChI=1S/C22H24ClN5O3/c1-11-3-4-12(2)16(9-11)25-20(30)15-10-17(29)26-19-18(15)21(31)28-22(27-19)24-14-7-5-13(23)6-8-14/h3-9,15,18-19,22,24,27H,10H2,1-2H3,(H,25,30)(H,26,29)(H,28,31). The number of fused-ring (bicyclic) bond motifs is 1. The Morgan fingerprint density at radius 3 is 2.55 bits per heavy atom. The minimum absolute atomic E-state index is 0.0533.